The summed E-state index contributed by atoms with van der Waals surface area (Å²) in [6.45, 7) is 52.9. The highest BCUT2D eigenvalue weighted by Crippen LogP contribution is 2.59. The number of carbonyl (C=O) groups excluding carboxylic acids is 1. The minimum absolute atomic E-state index is 0.0102. The SMILES string of the molecule is CC(=O)NC1=C(C#N)C(c2cc(C)cc(C)c2)(C(C)C)c2c(n[nH]c2C)O1.CNC1=C(C#N)C(c2cc(C)cc(C)c2)(C(C)C)c2c(n[nH]c2C)O1.Cc1cc(C)cc(C2(C(C)C)C(C#N)=C(N)Oc3c2c(C)nn3-c2ccccc2)c1.Cc1cc(C)cc(C2(C(C)C)C(C#N)=C(N)Oc3c2c(C)nn3C)c1.Cc1cc(C)cc(C2(C(C)C)C(C#N)=C(N)Oc3n[nH]c(C)c32)c1. The summed E-state index contributed by atoms with van der Waals surface area (Å²) in [5.74, 6) is 3.67. The Bertz CT molecular complexity index is 6670. The van der Waals surface area contributed by atoms with E-state index in [4.69, 9.17) is 46.0 Å². The number of H-pyrrole nitrogens is 3. The van der Waals surface area contributed by atoms with Gasteiger partial charge in [-0.25, -0.2) is 9.36 Å². The van der Waals surface area contributed by atoms with E-state index >= 15 is 0 Å². The van der Waals surface area contributed by atoms with Crippen molar-refractivity contribution >= 4 is 5.91 Å². The van der Waals surface area contributed by atoms with Gasteiger partial charge < -0.3 is 46.2 Å². The molecule has 131 heavy (non-hydrogen) atoms. The van der Waals surface area contributed by atoms with Crippen molar-refractivity contribution in [3.8, 4) is 65.4 Å². The van der Waals surface area contributed by atoms with Crippen molar-refractivity contribution in [1.82, 2.24) is 60.8 Å². The summed E-state index contributed by atoms with van der Waals surface area (Å²) in [4.78, 5) is 11.8. The lowest BCUT2D eigenvalue weighted by Crippen LogP contribution is -2.43. The Balaban J connectivity index is 0.000000148. The maximum Gasteiger partial charge on any atom is 0.244 e. The normalized spacial score (nSPS) is 19.1. The van der Waals surface area contributed by atoms with E-state index in [1.165, 1.54) is 18.1 Å². The molecule has 5 aliphatic rings. The Morgan fingerprint density at radius 2 is 0.641 bits per heavy atom. The predicted molar refractivity (Wildman–Crippen MR) is 506 cm³/mol. The van der Waals surface area contributed by atoms with Crippen LogP contribution in [-0.2, 0) is 38.9 Å². The van der Waals surface area contributed by atoms with E-state index in [0.717, 1.165) is 134 Å². The molecule has 26 heteroatoms. The Morgan fingerprint density at radius 1 is 0.374 bits per heavy atom. The van der Waals surface area contributed by atoms with E-state index in [0.29, 0.717) is 63.1 Å². The molecule has 0 saturated carbocycles. The number of benzene rings is 6. The summed E-state index contributed by atoms with van der Waals surface area (Å²) < 4.78 is 32.7. The van der Waals surface area contributed by atoms with Crippen LogP contribution >= 0.6 is 0 Å². The van der Waals surface area contributed by atoms with Gasteiger partial charge in [-0.3, -0.25) is 25.4 Å². The highest BCUT2D eigenvalue weighted by Gasteiger charge is 2.57. The summed E-state index contributed by atoms with van der Waals surface area (Å²) in [5, 5.41) is 87.3. The van der Waals surface area contributed by atoms with Gasteiger partial charge in [0.1, 0.15) is 58.2 Å². The van der Waals surface area contributed by atoms with E-state index in [1.54, 1.807) is 16.4 Å². The average molecular weight is 1760 g/mol. The fraction of sp³-hybridized carbons (Fsp3) is 0.362. The van der Waals surface area contributed by atoms with Crippen molar-refractivity contribution in [2.75, 3.05) is 7.05 Å². The van der Waals surface area contributed by atoms with Gasteiger partial charge in [-0.05, 0) is 173 Å². The van der Waals surface area contributed by atoms with Gasteiger partial charge in [-0.15, -0.1) is 15.3 Å². The third kappa shape index (κ3) is 15.9. The van der Waals surface area contributed by atoms with Gasteiger partial charge in [0.15, 0.2) is 0 Å². The minimum Gasteiger partial charge on any atom is -0.422 e. The zero-order valence-electron chi connectivity index (χ0n) is 80.5. The number of fused-ring (bicyclic) bond motifs is 5. The number of amides is 1. The van der Waals surface area contributed by atoms with E-state index < -0.39 is 27.1 Å². The number of nitrogens with zero attached hydrogens (tertiary/aromatic N) is 12. The number of nitriles is 5. The number of nitrogens with one attached hydrogen (secondary N) is 5. The molecule has 0 spiro atoms. The van der Waals surface area contributed by atoms with E-state index in [-0.39, 0.29) is 59.0 Å². The third-order valence-electron chi connectivity index (χ3n) is 25.9. The maximum absolute atomic E-state index is 11.8. The molecule has 11 aromatic rings. The number of rotatable bonds is 13. The zero-order chi connectivity index (χ0) is 96.1. The fourth-order valence-corrected chi connectivity index (χ4v) is 21.3. The van der Waals surface area contributed by atoms with Crippen LogP contribution in [0.5, 0.6) is 29.4 Å². The molecular formula is C105H120N20O6. The first kappa shape index (κ1) is 95.3. The van der Waals surface area contributed by atoms with Crippen molar-refractivity contribution in [2.24, 2.45) is 53.8 Å². The summed E-state index contributed by atoms with van der Waals surface area (Å²) in [5.41, 5.74) is 43.9. The van der Waals surface area contributed by atoms with Crippen molar-refractivity contribution in [3.05, 3.63) is 318 Å². The summed E-state index contributed by atoms with van der Waals surface area (Å²) in [6.07, 6.45) is 0. The zero-order valence-corrected chi connectivity index (χ0v) is 80.5. The Labute approximate surface area is 768 Å². The highest BCUT2D eigenvalue weighted by atomic mass is 16.5. The molecule has 5 unspecified atom stereocenters. The predicted octanol–water partition coefficient (Wildman–Crippen LogP) is 18.7. The molecule has 6 aromatic carbocycles. The van der Waals surface area contributed by atoms with Crippen LogP contribution in [-0.4, -0.2) is 63.1 Å². The van der Waals surface area contributed by atoms with Crippen LogP contribution in [0, 0.1) is 190 Å². The molecule has 26 nitrogen and oxygen atoms in total. The van der Waals surface area contributed by atoms with Crippen LogP contribution < -0.4 is 51.5 Å². The second-order valence-corrected chi connectivity index (χ2v) is 36.8. The first-order valence-corrected chi connectivity index (χ1v) is 44.1. The Kier molecular flexibility index (Phi) is 26.7. The molecule has 0 fully saturated rings. The van der Waals surface area contributed by atoms with Gasteiger partial charge in [0.2, 0.25) is 64.7 Å². The molecule has 5 atom stereocenters. The molecule has 16 rings (SSSR count). The number of para-hydroxylation sites is 1. The number of aryl methyl sites for hydroxylation is 16. The average Bonchev–Trinajstić information content (AvgIpc) is 0.949. The molecule has 0 saturated heterocycles. The van der Waals surface area contributed by atoms with Crippen LogP contribution in [0.15, 0.2) is 179 Å². The van der Waals surface area contributed by atoms with Gasteiger partial charge in [-0.2, -0.15) is 36.5 Å². The molecule has 5 aromatic heterocycles. The van der Waals surface area contributed by atoms with Crippen molar-refractivity contribution in [1.29, 1.82) is 26.3 Å². The number of aromatic amines is 3. The number of ether oxygens (including phenoxy) is 5. The number of carbonyl (C=O) groups is 1. The molecular weight excluding hydrogens is 1640 g/mol. The second kappa shape index (κ2) is 36.7. The largest absolute Gasteiger partial charge is 0.422 e. The first-order valence-electron chi connectivity index (χ1n) is 44.1. The van der Waals surface area contributed by atoms with Crippen molar-refractivity contribution < 1.29 is 28.5 Å². The molecule has 0 radical (unpaired) electrons. The molecule has 0 aliphatic carbocycles. The smallest absolute Gasteiger partial charge is 0.244 e. The van der Waals surface area contributed by atoms with Gasteiger partial charge in [0, 0.05) is 38.1 Å². The third-order valence-corrected chi connectivity index (χ3v) is 25.9. The number of aromatic nitrogens is 10. The Morgan fingerprint density at radius 3 is 0.947 bits per heavy atom. The van der Waals surface area contributed by atoms with Crippen LogP contribution in [0.1, 0.15) is 216 Å². The van der Waals surface area contributed by atoms with Gasteiger partial charge in [0.05, 0.1) is 72.0 Å². The van der Waals surface area contributed by atoms with E-state index in [1.807, 2.05) is 85.8 Å². The quantitative estimate of drug-likeness (QED) is 0.0531. The molecule has 0 bridgehead atoms. The molecule has 1 amide bonds. The first-order chi connectivity index (χ1) is 61.9. The number of hydrogen-bond acceptors (Lipinski definition) is 20. The van der Waals surface area contributed by atoms with Crippen LogP contribution in [0.25, 0.3) is 5.69 Å². The minimum atomic E-state index is -0.784. The van der Waals surface area contributed by atoms with Gasteiger partial charge in [0.25, 0.3) is 0 Å². The van der Waals surface area contributed by atoms with Gasteiger partial charge in [-0.1, -0.05) is 234 Å². The lowest BCUT2D eigenvalue weighted by atomic mass is 9.61. The standard InChI is InChI=1S/C25H26N4O.C21H24N4O2.2C20H24N4O.C19H22N4O/c1-15(2)25(19-12-16(3)11-17(4)13-19)21(14-26)23(27)30-24-22(25)18(5)28-29(24)20-9-7-6-8-10-20;1-11(2)21(16-8-12(3)7-13(4)9-16)17(10-22)19(23-15(6)26)27-20-18(21)14(5)24-25-20;1-11(2)20(15-8-12(3)7-13(4)9-15)16(10-21)18(22)25-19-17(20)14(5)23-24(19)6;1-11(2)20(15-8-12(3)7-13(4)9-15)16(10-21)18(22-6)25-19-17(20)14(5)23-24-19;1-10(2)19(14-7-11(3)6-12(4)8-14)15(9-20)17(21)24-18-16(19)13(5)22-23-18/h6-13,15H,27H2,1-5H3;7-9,11H,1-6H3,(H,23,26)(H,24,25);7-9,11H,22H2,1-6H3;7-9,11,22H,1-6H3,(H,23,24);6-8,10H,21H2,1-5H3,(H,22,23). The van der Waals surface area contributed by atoms with Crippen LogP contribution in [0.4, 0.5) is 0 Å². The van der Waals surface area contributed by atoms with Crippen molar-refractivity contribution in [3.63, 3.8) is 0 Å². The number of allylic oxidation sites excluding steroid dienone is 5. The van der Waals surface area contributed by atoms with E-state index in [9.17, 15) is 31.1 Å². The van der Waals surface area contributed by atoms with Crippen LogP contribution in [0.3, 0.4) is 0 Å². The number of nitrogens with two attached hydrogens (primary N) is 3. The number of hydrogen-bond donors (Lipinski definition) is 8. The molecule has 11 N–H and O–H groups in total. The monoisotopic (exact) mass is 1760 g/mol. The van der Waals surface area contributed by atoms with Crippen LogP contribution in [0.2, 0.25) is 0 Å². The topological polar surface area (TPSA) is 406 Å². The maximum atomic E-state index is 11.8. The molecule has 10 heterocycles. The molecule has 676 valence electrons. The lowest BCUT2D eigenvalue weighted by molar-refractivity contribution is -0.118. The summed E-state index contributed by atoms with van der Waals surface area (Å²) in [6, 6.07) is 53.6. The Hall–Kier alpha value is -14.8. The van der Waals surface area contributed by atoms with Gasteiger partial charge >= 0.3 is 0 Å². The molecule has 5 aliphatic heterocycles. The summed E-state index contributed by atoms with van der Waals surface area (Å²) in [7, 11) is 3.60. The van der Waals surface area contributed by atoms with E-state index in [2.05, 4.69) is 292 Å². The second-order valence-electron chi connectivity index (χ2n) is 36.8. The summed E-state index contributed by atoms with van der Waals surface area (Å²) >= 11 is 0. The van der Waals surface area contributed by atoms with Crippen molar-refractivity contribution in [2.45, 2.75) is 207 Å². The fourth-order valence-electron chi connectivity index (χ4n) is 21.3. The lowest BCUT2D eigenvalue weighted by Gasteiger charge is -2.41. The highest BCUT2D eigenvalue weighted by molar-refractivity contribution is 5.77.